The van der Waals surface area contributed by atoms with E-state index in [4.69, 9.17) is 0 Å². The van der Waals surface area contributed by atoms with Crippen molar-refractivity contribution in [3.05, 3.63) is 35.3 Å². The van der Waals surface area contributed by atoms with Gasteiger partial charge in [0.1, 0.15) is 5.82 Å². The summed E-state index contributed by atoms with van der Waals surface area (Å²) in [6.45, 7) is 9.00. The Hall–Kier alpha value is -1.62. The zero-order chi connectivity index (χ0) is 13.8. The summed E-state index contributed by atoms with van der Waals surface area (Å²) in [4.78, 5) is 14.4. The number of aryl methyl sites for hydroxylation is 2. The molecule has 1 N–H and O–H groups in total. The van der Waals surface area contributed by atoms with Crippen LogP contribution in [0.25, 0.3) is 0 Å². The molecule has 0 amide bonds. The first-order valence-electron chi connectivity index (χ1n) is 6.29. The van der Waals surface area contributed by atoms with Gasteiger partial charge in [0.05, 0.1) is 0 Å². The van der Waals surface area contributed by atoms with E-state index in [9.17, 15) is 0 Å². The summed E-state index contributed by atoms with van der Waals surface area (Å²) < 4.78 is 0. The van der Waals surface area contributed by atoms with Gasteiger partial charge in [-0.05, 0) is 57.2 Å². The molecule has 0 saturated heterocycles. The predicted octanol–water partition coefficient (Wildman–Crippen LogP) is 3.38. The first-order chi connectivity index (χ1) is 9.10. The topological polar surface area (TPSA) is 50.7 Å². The van der Waals surface area contributed by atoms with Crippen molar-refractivity contribution in [1.29, 1.82) is 0 Å². The van der Waals surface area contributed by atoms with Crippen LogP contribution in [0.15, 0.2) is 28.4 Å². The van der Waals surface area contributed by atoms with E-state index in [1.165, 1.54) is 0 Å². The minimum absolute atomic E-state index is 0.786. The number of hydrogen-bond donors (Lipinski definition) is 1. The van der Waals surface area contributed by atoms with E-state index >= 15 is 0 Å². The van der Waals surface area contributed by atoms with E-state index in [1.54, 1.807) is 18.0 Å². The molecule has 0 spiro atoms. The highest BCUT2D eigenvalue weighted by Crippen LogP contribution is 2.26. The smallest absolute Gasteiger partial charge is 0.192 e. The molecule has 0 atom stereocenters. The van der Waals surface area contributed by atoms with Gasteiger partial charge in [-0.3, -0.25) is 0 Å². The summed E-state index contributed by atoms with van der Waals surface area (Å²) in [5.74, 6) is 0.882. The van der Waals surface area contributed by atoms with Gasteiger partial charge in [-0.15, -0.1) is 0 Å². The van der Waals surface area contributed by atoms with Gasteiger partial charge in [0.2, 0.25) is 0 Å². The van der Waals surface area contributed by atoms with Gasteiger partial charge in [-0.1, -0.05) is 0 Å². The Morgan fingerprint density at radius 2 is 1.84 bits per heavy atom. The SMILES string of the molecule is CCNc1cc(Sc2nc(C)c(C)c(C)n2)ccn1. The van der Waals surface area contributed by atoms with Gasteiger partial charge in [-0.25, -0.2) is 15.0 Å². The molecule has 4 nitrogen and oxygen atoms in total. The molecule has 2 aromatic rings. The zero-order valence-electron chi connectivity index (χ0n) is 11.7. The molecule has 100 valence electrons. The minimum atomic E-state index is 0.786. The fourth-order valence-electron chi connectivity index (χ4n) is 1.64. The van der Waals surface area contributed by atoms with Crippen molar-refractivity contribution < 1.29 is 0 Å². The number of aromatic nitrogens is 3. The average Bonchev–Trinajstić information content (AvgIpc) is 2.37. The fourth-order valence-corrected chi connectivity index (χ4v) is 2.52. The lowest BCUT2D eigenvalue weighted by molar-refractivity contribution is 0.881. The molecule has 0 aliphatic rings. The third-order valence-corrected chi connectivity index (χ3v) is 3.77. The maximum Gasteiger partial charge on any atom is 0.192 e. The minimum Gasteiger partial charge on any atom is -0.370 e. The average molecular weight is 274 g/mol. The Kier molecular flexibility index (Phi) is 4.37. The van der Waals surface area contributed by atoms with Crippen molar-refractivity contribution in [2.75, 3.05) is 11.9 Å². The fraction of sp³-hybridized carbons (Fsp3) is 0.357. The molecule has 5 heteroatoms. The van der Waals surface area contributed by atoms with Crippen molar-refractivity contribution >= 4 is 17.6 Å². The first kappa shape index (κ1) is 13.8. The Bertz CT molecular complexity index is 560. The van der Waals surface area contributed by atoms with E-state index in [1.807, 2.05) is 26.0 Å². The summed E-state index contributed by atoms with van der Waals surface area (Å²) in [5, 5.41) is 3.99. The van der Waals surface area contributed by atoms with E-state index in [0.29, 0.717) is 0 Å². The quantitative estimate of drug-likeness (QED) is 0.866. The molecule has 2 heterocycles. The third-order valence-electron chi connectivity index (χ3n) is 2.91. The van der Waals surface area contributed by atoms with E-state index in [0.717, 1.165) is 39.4 Å². The van der Waals surface area contributed by atoms with Gasteiger partial charge in [-0.2, -0.15) is 0 Å². The molecule has 0 radical (unpaired) electrons. The van der Waals surface area contributed by atoms with Gasteiger partial charge >= 0.3 is 0 Å². The van der Waals surface area contributed by atoms with Crippen LogP contribution in [-0.2, 0) is 0 Å². The molecule has 2 rings (SSSR count). The second-order valence-electron chi connectivity index (χ2n) is 4.31. The van der Waals surface area contributed by atoms with Gasteiger partial charge in [0.15, 0.2) is 5.16 Å². The van der Waals surface area contributed by atoms with Crippen LogP contribution in [0.4, 0.5) is 5.82 Å². The second kappa shape index (κ2) is 6.02. The molecule has 0 aliphatic carbocycles. The van der Waals surface area contributed by atoms with Crippen molar-refractivity contribution in [2.24, 2.45) is 0 Å². The summed E-state index contributed by atoms with van der Waals surface area (Å²) in [6.07, 6.45) is 1.80. The zero-order valence-corrected chi connectivity index (χ0v) is 12.5. The lowest BCUT2D eigenvalue weighted by Crippen LogP contribution is -1.99. The summed E-state index contributed by atoms with van der Waals surface area (Å²) in [7, 11) is 0. The summed E-state index contributed by atoms with van der Waals surface area (Å²) >= 11 is 1.56. The van der Waals surface area contributed by atoms with Crippen LogP contribution in [0.5, 0.6) is 0 Å². The van der Waals surface area contributed by atoms with Crippen molar-refractivity contribution in [1.82, 2.24) is 15.0 Å². The number of rotatable bonds is 4. The van der Waals surface area contributed by atoms with E-state index in [-0.39, 0.29) is 0 Å². The number of hydrogen-bond acceptors (Lipinski definition) is 5. The maximum atomic E-state index is 4.52. The van der Waals surface area contributed by atoms with Crippen molar-refractivity contribution in [3.8, 4) is 0 Å². The Balaban J connectivity index is 2.23. The maximum absolute atomic E-state index is 4.52. The van der Waals surface area contributed by atoms with Crippen LogP contribution in [0.1, 0.15) is 23.9 Å². The Morgan fingerprint density at radius 1 is 1.16 bits per heavy atom. The lowest BCUT2D eigenvalue weighted by atomic mass is 10.2. The van der Waals surface area contributed by atoms with Gasteiger partial charge in [0, 0.05) is 29.0 Å². The number of nitrogens with one attached hydrogen (secondary N) is 1. The highest BCUT2D eigenvalue weighted by atomic mass is 32.2. The summed E-state index contributed by atoms with van der Waals surface area (Å²) in [5.41, 5.74) is 3.24. The highest BCUT2D eigenvalue weighted by Gasteiger charge is 2.07. The van der Waals surface area contributed by atoms with Gasteiger partial charge < -0.3 is 5.32 Å². The molecular weight excluding hydrogens is 256 g/mol. The van der Waals surface area contributed by atoms with Crippen molar-refractivity contribution in [3.63, 3.8) is 0 Å². The van der Waals surface area contributed by atoms with Crippen LogP contribution < -0.4 is 5.32 Å². The van der Waals surface area contributed by atoms with E-state index in [2.05, 4.69) is 34.1 Å². The van der Waals surface area contributed by atoms with Crippen molar-refractivity contribution in [2.45, 2.75) is 37.7 Å². The molecule has 0 saturated carbocycles. The molecular formula is C14H18N4S. The van der Waals surface area contributed by atoms with Gasteiger partial charge in [0.25, 0.3) is 0 Å². The Labute approximate surface area is 118 Å². The number of nitrogens with zero attached hydrogens (tertiary/aromatic N) is 3. The Morgan fingerprint density at radius 3 is 2.47 bits per heavy atom. The van der Waals surface area contributed by atoms with Crippen LogP contribution in [0.2, 0.25) is 0 Å². The summed E-state index contributed by atoms with van der Waals surface area (Å²) in [6, 6.07) is 3.99. The second-order valence-corrected chi connectivity index (χ2v) is 5.35. The molecule has 0 unspecified atom stereocenters. The normalized spacial score (nSPS) is 10.5. The van der Waals surface area contributed by atoms with Crippen LogP contribution in [-0.4, -0.2) is 21.5 Å². The third kappa shape index (κ3) is 3.44. The lowest BCUT2D eigenvalue weighted by Gasteiger charge is -2.07. The monoisotopic (exact) mass is 274 g/mol. The first-order valence-corrected chi connectivity index (χ1v) is 7.11. The standard InChI is InChI=1S/C14H18N4S/c1-5-15-13-8-12(6-7-16-13)19-14-17-10(3)9(2)11(4)18-14/h6-8H,5H2,1-4H3,(H,15,16). The predicted molar refractivity (Wildman–Crippen MR) is 78.8 cm³/mol. The molecule has 2 aromatic heterocycles. The largest absolute Gasteiger partial charge is 0.370 e. The molecule has 19 heavy (non-hydrogen) atoms. The van der Waals surface area contributed by atoms with Crippen LogP contribution in [0.3, 0.4) is 0 Å². The number of pyridine rings is 1. The molecule has 0 aliphatic heterocycles. The molecule has 0 bridgehead atoms. The molecule has 0 aromatic carbocycles. The van der Waals surface area contributed by atoms with Crippen LogP contribution in [0, 0.1) is 20.8 Å². The molecule has 0 fully saturated rings. The van der Waals surface area contributed by atoms with E-state index < -0.39 is 0 Å². The highest BCUT2D eigenvalue weighted by molar-refractivity contribution is 7.99. The van der Waals surface area contributed by atoms with Crippen LogP contribution >= 0.6 is 11.8 Å². The number of anilines is 1.